The summed E-state index contributed by atoms with van der Waals surface area (Å²) < 4.78 is 0. The Morgan fingerprint density at radius 3 is 2.50 bits per heavy atom. The van der Waals surface area contributed by atoms with Crippen LogP contribution in [-0.2, 0) is 11.3 Å². The maximum Gasteiger partial charge on any atom is 0.320 e. The monoisotopic (exact) mass is 296 g/mol. The van der Waals surface area contributed by atoms with E-state index in [0.717, 1.165) is 43.3 Å². The molecule has 1 aliphatic rings. The number of halogens is 1. The first kappa shape index (κ1) is 15.3. The Morgan fingerprint density at radius 2 is 1.95 bits per heavy atom. The van der Waals surface area contributed by atoms with Crippen LogP contribution >= 0.6 is 11.6 Å². The maximum atomic E-state index is 11.2. The molecule has 20 heavy (non-hydrogen) atoms. The number of hydrogen-bond donors (Lipinski definition) is 1. The summed E-state index contributed by atoms with van der Waals surface area (Å²) in [6.45, 7) is 6.13. The topological polar surface area (TPSA) is 43.8 Å². The van der Waals surface area contributed by atoms with E-state index in [-0.39, 0.29) is 6.04 Å². The number of aliphatic carboxylic acids is 1. The van der Waals surface area contributed by atoms with Gasteiger partial charge in [-0.05, 0) is 18.1 Å². The van der Waals surface area contributed by atoms with Crippen molar-refractivity contribution in [2.75, 3.05) is 26.2 Å². The van der Waals surface area contributed by atoms with Gasteiger partial charge in [0.05, 0.1) is 0 Å². The van der Waals surface area contributed by atoms with E-state index in [9.17, 15) is 9.90 Å². The van der Waals surface area contributed by atoms with Crippen LogP contribution in [0.3, 0.4) is 0 Å². The smallest absolute Gasteiger partial charge is 0.320 e. The van der Waals surface area contributed by atoms with Gasteiger partial charge < -0.3 is 5.11 Å². The van der Waals surface area contributed by atoms with Gasteiger partial charge in [-0.15, -0.1) is 0 Å². The van der Waals surface area contributed by atoms with Crippen LogP contribution < -0.4 is 0 Å². The summed E-state index contributed by atoms with van der Waals surface area (Å²) in [5.41, 5.74) is 1.13. The third-order valence-electron chi connectivity index (χ3n) is 3.87. The van der Waals surface area contributed by atoms with E-state index in [1.54, 1.807) is 0 Å². The van der Waals surface area contributed by atoms with Crippen LogP contribution in [-0.4, -0.2) is 53.1 Å². The maximum absolute atomic E-state index is 11.2. The number of hydrogen-bond acceptors (Lipinski definition) is 3. The Labute approximate surface area is 124 Å². The number of carboxylic acid groups (broad SMARTS) is 1. The zero-order valence-corrected chi connectivity index (χ0v) is 12.5. The lowest BCUT2D eigenvalue weighted by molar-refractivity contribution is -0.144. The van der Waals surface area contributed by atoms with Gasteiger partial charge in [-0.1, -0.05) is 36.7 Å². The van der Waals surface area contributed by atoms with Gasteiger partial charge in [0, 0.05) is 37.7 Å². The molecule has 0 amide bonds. The van der Waals surface area contributed by atoms with Crippen molar-refractivity contribution in [1.29, 1.82) is 0 Å². The first-order chi connectivity index (χ1) is 9.61. The number of nitrogens with zero attached hydrogens (tertiary/aromatic N) is 2. The van der Waals surface area contributed by atoms with E-state index in [1.165, 1.54) is 0 Å². The van der Waals surface area contributed by atoms with E-state index < -0.39 is 5.97 Å². The summed E-state index contributed by atoms with van der Waals surface area (Å²) in [5.74, 6) is -0.716. The van der Waals surface area contributed by atoms with E-state index in [1.807, 2.05) is 31.2 Å². The van der Waals surface area contributed by atoms with Gasteiger partial charge >= 0.3 is 5.97 Å². The molecule has 1 aromatic rings. The standard InChI is InChI=1S/C15H21ClN2O2/c1-2-14(15(19)20)18-9-7-17(8-10-18)11-12-5-3-4-6-13(12)16/h3-6,14H,2,7-11H2,1H3,(H,19,20). The van der Waals surface area contributed by atoms with E-state index in [4.69, 9.17) is 11.6 Å². The molecule has 1 aromatic carbocycles. The summed E-state index contributed by atoms with van der Waals surface area (Å²) in [6.07, 6.45) is 0.653. The first-order valence-corrected chi connectivity index (χ1v) is 7.42. The minimum atomic E-state index is -0.716. The third kappa shape index (κ3) is 3.72. The predicted molar refractivity (Wildman–Crippen MR) is 80.0 cm³/mol. The molecule has 0 spiro atoms. The number of benzene rings is 1. The minimum absolute atomic E-state index is 0.350. The van der Waals surface area contributed by atoms with Crippen molar-refractivity contribution in [2.24, 2.45) is 0 Å². The van der Waals surface area contributed by atoms with Crippen LogP contribution in [0.5, 0.6) is 0 Å². The van der Waals surface area contributed by atoms with Crippen LogP contribution in [0.15, 0.2) is 24.3 Å². The summed E-state index contributed by atoms with van der Waals surface area (Å²) in [5, 5.41) is 9.99. The Morgan fingerprint density at radius 1 is 1.30 bits per heavy atom. The second-order valence-corrected chi connectivity index (χ2v) is 5.57. The highest BCUT2D eigenvalue weighted by atomic mass is 35.5. The molecular formula is C15H21ClN2O2. The molecule has 0 aliphatic carbocycles. The molecule has 5 heteroatoms. The zero-order valence-electron chi connectivity index (χ0n) is 11.8. The number of carboxylic acids is 1. The molecule has 2 rings (SSSR count). The fraction of sp³-hybridized carbons (Fsp3) is 0.533. The molecule has 0 saturated carbocycles. The van der Waals surface area contributed by atoms with Crippen molar-refractivity contribution in [3.8, 4) is 0 Å². The minimum Gasteiger partial charge on any atom is -0.480 e. The lowest BCUT2D eigenvalue weighted by Gasteiger charge is -2.37. The summed E-state index contributed by atoms with van der Waals surface area (Å²) >= 11 is 6.17. The average Bonchev–Trinajstić information content (AvgIpc) is 2.43. The highest BCUT2D eigenvalue weighted by Crippen LogP contribution is 2.18. The van der Waals surface area contributed by atoms with Gasteiger partial charge in [-0.2, -0.15) is 0 Å². The quantitative estimate of drug-likeness (QED) is 0.906. The zero-order chi connectivity index (χ0) is 14.5. The van der Waals surface area contributed by atoms with Gasteiger partial charge in [0.2, 0.25) is 0 Å². The molecule has 1 aliphatic heterocycles. The van der Waals surface area contributed by atoms with Crippen LogP contribution in [0.4, 0.5) is 0 Å². The molecule has 0 aromatic heterocycles. The molecule has 0 radical (unpaired) electrons. The Balaban J connectivity index is 1.88. The summed E-state index contributed by atoms with van der Waals surface area (Å²) in [6, 6.07) is 7.53. The second kappa shape index (κ2) is 7.07. The van der Waals surface area contributed by atoms with Gasteiger partial charge in [-0.25, -0.2) is 0 Å². The van der Waals surface area contributed by atoms with Crippen LogP contribution in [0, 0.1) is 0 Å². The third-order valence-corrected chi connectivity index (χ3v) is 4.24. The van der Waals surface area contributed by atoms with Gasteiger partial charge in [0.15, 0.2) is 0 Å². The predicted octanol–water partition coefficient (Wildman–Crippen LogP) is 2.32. The van der Waals surface area contributed by atoms with Gasteiger partial charge in [-0.3, -0.25) is 14.6 Å². The first-order valence-electron chi connectivity index (χ1n) is 7.04. The van der Waals surface area contributed by atoms with Crippen molar-refractivity contribution in [3.05, 3.63) is 34.9 Å². The normalized spacial score (nSPS) is 18.9. The molecule has 1 heterocycles. The SMILES string of the molecule is CCC(C(=O)O)N1CCN(Cc2ccccc2Cl)CC1. The molecule has 4 nitrogen and oxygen atoms in total. The number of carbonyl (C=O) groups is 1. The Hall–Kier alpha value is -1.10. The highest BCUT2D eigenvalue weighted by molar-refractivity contribution is 6.31. The second-order valence-electron chi connectivity index (χ2n) is 5.17. The van der Waals surface area contributed by atoms with Crippen LogP contribution in [0.2, 0.25) is 5.02 Å². The number of piperazine rings is 1. The van der Waals surface area contributed by atoms with Crippen molar-refractivity contribution in [2.45, 2.75) is 25.9 Å². The molecular weight excluding hydrogens is 276 g/mol. The molecule has 1 atom stereocenters. The van der Waals surface area contributed by atoms with Crippen LogP contribution in [0.1, 0.15) is 18.9 Å². The molecule has 1 saturated heterocycles. The van der Waals surface area contributed by atoms with Crippen molar-refractivity contribution < 1.29 is 9.90 Å². The van der Waals surface area contributed by atoms with Crippen molar-refractivity contribution in [1.82, 2.24) is 9.80 Å². The Kier molecular flexibility index (Phi) is 5.40. The fourth-order valence-electron chi connectivity index (χ4n) is 2.69. The van der Waals surface area contributed by atoms with Crippen LogP contribution in [0.25, 0.3) is 0 Å². The van der Waals surface area contributed by atoms with Gasteiger partial charge in [0.1, 0.15) is 6.04 Å². The van der Waals surface area contributed by atoms with Gasteiger partial charge in [0.25, 0.3) is 0 Å². The lowest BCUT2D eigenvalue weighted by Crippen LogP contribution is -2.52. The number of rotatable bonds is 5. The van der Waals surface area contributed by atoms with E-state index in [0.29, 0.717) is 6.42 Å². The molecule has 1 N–H and O–H groups in total. The average molecular weight is 297 g/mol. The van der Waals surface area contributed by atoms with E-state index >= 15 is 0 Å². The van der Waals surface area contributed by atoms with Crippen molar-refractivity contribution >= 4 is 17.6 Å². The molecule has 110 valence electrons. The fourth-order valence-corrected chi connectivity index (χ4v) is 2.89. The largest absolute Gasteiger partial charge is 0.480 e. The lowest BCUT2D eigenvalue weighted by atomic mass is 10.1. The summed E-state index contributed by atoms with van der Waals surface area (Å²) in [7, 11) is 0. The molecule has 1 unspecified atom stereocenters. The Bertz CT molecular complexity index is 459. The van der Waals surface area contributed by atoms with E-state index in [2.05, 4.69) is 9.80 Å². The highest BCUT2D eigenvalue weighted by Gasteiger charge is 2.27. The van der Waals surface area contributed by atoms with Crippen molar-refractivity contribution in [3.63, 3.8) is 0 Å². The summed E-state index contributed by atoms with van der Waals surface area (Å²) in [4.78, 5) is 15.6. The molecule has 0 bridgehead atoms. The molecule has 1 fully saturated rings.